The molecule has 0 saturated carbocycles. The first-order valence-corrected chi connectivity index (χ1v) is 14.5. The molecule has 0 aromatic heterocycles. The minimum atomic E-state index is -4.91. The van der Waals surface area contributed by atoms with Crippen molar-refractivity contribution in [2.45, 2.75) is 79.3 Å². The van der Waals surface area contributed by atoms with E-state index in [1.54, 1.807) is 11.8 Å². The Morgan fingerprint density at radius 3 is 1.31 bits per heavy atom. The zero-order chi connectivity index (χ0) is 34.6. The molecular weight excluding hydrogens is 605 g/mol. The van der Waals surface area contributed by atoms with Crippen LogP contribution in [0.25, 0.3) is 0 Å². The van der Waals surface area contributed by atoms with Crippen LogP contribution in [0, 0.1) is 40.5 Å². The molecule has 0 N–H and O–H groups in total. The van der Waals surface area contributed by atoms with E-state index >= 15 is 0 Å². The highest BCUT2D eigenvalue weighted by Gasteiger charge is 2.39. The average molecular weight is 645 g/mol. The zero-order valence-electron chi connectivity index (χ0n) is 26.1. The Morgan fingerprint density at radius 1 is 0.644 bits per heavy atom. The van der Waals surface area contributed by atoms with Crippen molar-refractivity contribution in [1.29, 1.82) is 0 Å². The fourth-order valence-corrected chi connectivity index (χ4v) is 4.58. The van der Waals surface area contributed by atoms with Gasteiger partial charge in [-0.1, -0.05) is 41.0 Å². The van der Waals surface area contributed by atoms with Gasteiger partial charge < -0.3 is 9.80 Å². The second-order valence-corrected chi connectivity index (χ2v) is 10.4. The quantitative estimate of drug-likeness (QED) is 0.135. The van der Waals surface area contributed by atoms with Crippen molar-refractivity contribution >= 4 is 34.1 Å². The third-order valence-electron chi connectivity index (χ3n) is 6.73. The van der Waals surface area contributed by atoms with E-state index in [1.807, 2.05) is 34.6 Å². The molecule has 0 heterocycles. The molecule has 2 aromatic carbocycles. The predicted octanol–water partition coefficient (Wildman–Crippen LogP) is 8.40. The van der Waals surface area contributed by atoms with Gasteiger partial charge in [0.25, 0.3) is 22.7 Å². The molecule has 45 heavy (non-hydrogen) atoms. The smallest absolute Gasteiger partial charge is 0.361 e. The summed E-state index contributed by atoms with van der Waals surface area (Å²) < 4.78 is 38.5. The normalized spacial score (nSPS) is 11.1. The highest BCUT2D eigenvalue weighted by atomic mass is 19.4. The van der Waals surface area contributed by atoms with E-state index in [4.69, 9.17) is 0 Å². The largest absolute Gasteiger partial charge is 0.416 e. The summed E-state index contributed by atoms with van der Waals surface area (Å²) in [5.41, 5.74) is -3.25. The van der Waals surface area contributed by atoms with E-state index in [9.17, 15) is 53.6 Å². The van der Waals surface area contributed by atoms with Crippen LogP contribution >= 0.6 is 0 Å². The number of hydrogen-bond donors (Lipinski definition) is 0. The minimum Gasteiger partial charge on any atom is -0.361 e. The number of alkyl halides is 3. The Bertz CT molecular complexity index is 1290. The number of nitro groups is 4. The van der Waals surface area contributed by atoms with Crippen molar-refractivity contribution in [1.82, 2.24) is 0 Å². The van der Waals surface area contributed by atoms with E-state index in [2.05, 4.69) is 0 Å². The van der Waals surface area contributed by atoms with Gasteiger partial charge in [0.2, 0.25) is 0 Å². The number of nitro benzene ring substituents is 4. The predicted molar refractivity (Wildman–Crippen MR) is 164 cm³/mol. The summed E-state index contributed by atoms with van der Waals surface area (Å²) in [6, 6.07) is 3.62. The monoisotopic (exact) mass is 644 g/mol. The summed E-state index contributed by atoms with van der Waals surface area (Å²) in [5.74, 6) is -0.0164. The van der Waals surface area contributed by atoms with Crippen LogP contribution < -0.4 is 9.80 Å². The van der Waals surface area contributed by atoms with Gasteiger partial charge in [0, 0.05) is 50.4 Å². The maximum absolute atomic E-state index is 12.8. The molecule has 250 valence electrons. The number of rotatable bonds is 15. The van der Waals surface area contributed by atoms with Gasteiger partial charge in [0.05, 0.1) is 25.3 Å². The van der Waals surface area contributed by atoms with Gasteiger partial charge in [-0.3, -0.25) is 40.5 Å². The Kier molecular flexibility index (Phi) is 14.6. The van der Waals surface area contributed by atoms with E-state index in [0.717, 1.165) is 19.3 Å². The summed E-state index contributed by atoms with van der Waals surface area (Å²) in [7, 11) is 0. The number of anilines is 2. The van der Waals surface area contributed by atoms with E-state index in [0.29, 0.717) is 37.2 Å². The van der Waals surface area contributed by atoms with Gasteiger partial charge in [-0.05, 0) is 37.7 Å². The van der Waals surface area contributed by atoms with Crippen LogP contribution in [0.2, 0.25) is 0 Å². The lowest BCUT2D eigenvalue weighted by Crippen LogP contribution is -2.26. The average Bonchev–Trinajstić information content (AvgIpc) is 2.96. The molecule has 0 radical (unpaired) electrons. The van der Waals surface area contributed by atoms with Gasteiger partial charge >= 0.3 is 6.18 Å². The molecule has 14 nitrogen and oxygen atoms in total. The molecular formula is C28H39F3N6O8. The SMILES string of the molecule is CCCCN(CC)c1c([N+](=O)[O-])cc(C(F)(F)F)cc1[N+](=O)[O-].CCCN(CCC)c1c([N+](=O)[O-])cc(C(C)C)cc1[N+](=O)[O-]. The van der Waals surface area contributed by atoms with Crippen molar-refractivity contribution in [2.24, 2.45) is 0 Å². The highest BCUT2D eigenvalue weighted by Crippen LogP contribution is 2.43. The van der Waals surface area contributed by atoms with Crippen LogP contribution in [0.15, 0.2) is 24.3 Å². The molecule has 0 spiro atoms. The molecule has 0 aliphatic heterocycles. The Hall–Kier alpha value is -4.57. The van der Waals surface area contributed by atoms with E-state index in [-0.39, 0.29) is 41.8 Å². The molecule has 0 bridgehead atoms. The van der Waals surface area contributed by atoms with Crippen LogP contribution in [-0.2, 0) is 6.18 Å². The van der Waals surface area contributed by atoms with Crippen LogP contribution in [0.5, 0.6) is 0 Å². The topological polar surface area (TPSA) is 179 Å². The lowest BCUT2D eigenvalue weighted by atomic mass is 10.00. The van der Waals surface area contributed by atoms with Gasteiger partial charge in [-0.25, -0.2) is 0 Å². The Morgan fingerprint density at radius 2 is 1.02 bits per heavy atom. The van der Waals surface area contributed by atoms with Gasteiger partial charge in [0.15, 0.2) is 11.4 Å². The number of nitrogens with zero attached hydrogens (tertiary/aromatic N) is 6. The van der Waals surface area contributed by atoms with Crippen LogP contribution in [0.3, 0.4) is 0 Å². The third-order valence-corrected chi connectivity index (χ3v) is 6.73. The molecule has 2 aromatic rings. The minimum absolute atomic E-state index is 0.0164. The molecule has 0 fully saturated rings. The number of halogens is 3. The lowest BCUT2D eigenvalue weighted by molar-refractivity contribution is -0.393. The number of benzene rings is 2. The van der Waals surface area contributed by atoms with Crippen molar-refractivity contribution < 1.29 is 32.9 Å². The fourth-order valence-electron chi connectivity index (χ4n) is 4.58. The van der Waals surface area contributed by atoms with Gasteiger partial charge in [-0.2, -0.15) is 13.2 Å². The Balaban J connectivity index is 0.000000450. The van der Waals surface area contributed by atoms with Gasteiger partial charge in [0.1, 0.15) is 0 Å². The lowest BCUT2D eigenvalue weighted by Gasteiger charge is -2.23. The van der Waals surface area contributed by atoms with E-state index in [1.165, 1.54) is 17.0 Å². The first-order valence-electron chi connectivity index (χ1n) is 14.5. The maximum Gasteiger partial charge on any atom is 0.416 e. The molecule has 0 aliphatic rings. The summed E-state index contributed by atoms with van der Waals surface area (Å²) >= 11 is 0. The van der Waals surface area contributed by atoms with Crippen molar-refractivity contribution in [3.63, 3.8) is 0 Å². The standard InChI is InChI=1S/C15H23N3O4.C13H16F3N3O4/c1-5-7-16(8-6-2)15-13(17(19)20)9-12(11(3)4)10-14(15)18(21)22;1-3-5-6-17(4-2)12-10(18(20)21)7-9(13(14,15)16)8-11(12)19(22)23/h9-11H,5-8H2,1-4H3;7-8H,3-6H2,1-2H3. The van der Waals surface area contributed by atoms with Crippen LogP contribution in [0.4, 0.5) is 47.3 Å². The third kappa shape index (κ3) is 10.2. The Labute approximate surface area is 258 Å². The van der Waals surface area contributed by atoms with Crippen LogP contribution in [0.1, 0.15) is 84.3 Å². The molecule has 17 heteroatoms. The van der Waals surface area contributed by atoms with E-state index < -0.39 is 42.8 Å². The fraction of sp³-hybridized carbons (Fsp3) is 0.571. The summed E-state index contributed by atoms with van der Waals surface area (Å²) in [6.45, 7) is 12.7. The maximum atomic E-state index is 12.8. The summed E-state index contributed by atoms with van der Waals surface area (Å²) in [4.78, 5) is 45.2. The van der Waals surface area contributed by atoms with Crippen molar-refractivity contribution in [3.05, 3.63) is 75.8 Å². The molecule has 0 saturated heterocycles. The summed E-state index contributed by atoms with van der Waals surface area (Å²) in [6.07, 6.45) is -2.04. The van der Waals surface area contributed by atoms with Crippen molar-refractivity contribution in [2.75, 3.05) is 36.0 Å². The molecule has 0 atom stereocenters. The zero-order valence-corrected chi connectivity index (χ0v) is 26.1. The first-order chi connectivity index (χ1) is 21.0. The number of hydrogen-bond acceptors (Lipinski definition) is 10. The summed E-state index contributed by atoms with van der Waals surface area (Å²) in [5, 5.41) is 45.2. The first kappa shape index (κ1) is 38.5. The number of unbranched alkanes of at least 4 members (excludes halogenated alkanes) is 1. The second kappa shape index (κ2) is 17.1. The second-order valence-electron chi connectivity index (χ2n) is 10.4. The van der Waals surface area contributed by atoms with Gasteiger partial charge in [-0.15, -0.1) is 0 Å². The van der Waals surface area contributed by atoms with Crippen LogP contribution in [-0.4, -0.2) is 45.9 Å². The molecule has 0 amide bonds. The molecule has 0 aliphatic carbocycles. The molecule has 2 rings (SSSR count). The van der Waals surface area contributed by atoms with Crippen molar-refractivity contribution in [3.8, 4) is 0 Å². The highest BCUT2D eigenvalue weighted by molar-refractivity contribution is 5.77. The molecule has 0 unspecified atom stereocenters.